The zero-order valence-corrected chi connectivity index (χ0v) is 11.7. The molecule has 0 radical (unpaired) electrons. The highest BCUT2D eigenvalue weighted by molar-refractivity contribution is 5.78. The molecule has 6 heteroatoms. The van der Waals surface area contributed by atoms with Crippen molar-refractivity contribution in [3.05, 3.63) is 70.0 Å². The van der Waals surface area contributed by atoms with Crippen LogP contribution in [0.25, 0.3) is 11.0 Å². The molecule has 6 nitrogen and oxygen atoms in total. The third kappa shape index (κ3) is 1.96. The van der Waals surface area contributed by atoms with Gasteiger partial charge in [-0.25, -0.2) is 4.98 Å². The molecule has 0 bridgehead atoms. The minimum Gasteiger partial charge on any atom is -0.353 e. The van der Waals surface area contributed by atoms with E-state index in [4.69, 9.17) is 4.74 Å². The van der Waals surface area contributed by atoms with Crippen molar-refractivity contribution >= 4 is 16.7 Å². The Morgan fingerprint density at radius 2 is 2.14 bits per heavy atom. The van der Waals surface area contributed by atoms with Crippen molar-refractivity contribution in [3.8, 4) is 0 Å². The van der Waals surface area contributed by atoms with Gasteiger partial charge in [-0.1, -0.05) is 24.3 Å². The number of non-ortho nitro benzene ring substituents is 1. The predicted octanol–water partition coefficient (Wildman–Crippen LogP) is 3.06. The predicted molar refractivity (Wildman–Crippen MR) is 80.6 cm³/mol. The summed E-state index contributed by atoms with van der Waals surface area (Å²) in [6.45, 7) is 0.621. The maximum absolute atomic E-state index is 11.0. The maximum atomic E-state index is 11.0. The number of benzene rings is 2. The van der Waals surface area contributed by atoms with Crippen molar-refractivity contribution in [2.24, 2.45) is 0 Å². The van der Waals surface area contributed by atoms with Gasteiger partial charge in [-0.2, -0.15) is 0 Å². The van der Waals surface area contributed by atoms with Crippen molar-refractivity contribution < 1.29 is 9.66 Å². The molecule has 1 aliphatic rings. The Hall–Kier alpha value is -2.73. The third-order valence-electron chi connectivity index (χ3n) is 3.99. The minimum absolute atomic E-state index is 0.0540. The van der Waals surface area contributed by atoms with Crippen LogP contribution in [0, 0.1) is 10.1 Å². The van der Waals surface area contributed by atoms with Crippen LogP contribution in [-0.2, 0) is 11.2 Å². The highest BCUT2D eigenvalue weighted by Gasteiger charge is 2.24. The van der Waals surface area contributed by atoms with E-state index in [1.807, 2.05) is 22.8 Å². The SMILES string of the molecule is O=[N+]([O-])c1ccc2ncn(C3OCCc4ccccc43)c2c1. The number of imidazole rings is 1. The Morgan fingerprint density at radius 1 is 1.27 bits per heavy atom. The lowest BCUT2D eigenvalue weighted by Crippen LogP contribution is -2.21. The van der Waals surface area contributed by atoms with Gasteiger partial charge in [0.25, 0.3) is 5.69 Å². The Balaban J connectivity index is 1.88. The first-order chi connectivity index (χ1) is 10.7. The number of nitro groups is 1. The van der Waals surface area contributed by atoms with Crippen molar-refractivity contribution in [2.45, 2.75) is 12.6 Å². The molecule has 3 aromatic rings. The van der Waals surface area contributed by atoms with Crippen LogP contribution in [0.4, 0.5) is 5.69 Å². The standard InChI is InChI=1S/C16H13N3O3/c20-19(21)12-5-6-14-15(9-12)18(10-17-14)16-13-4-2-1-3-11(13)7-8-22-16/h1-6,9-10,16H,7-8H2. The fourth-order valence-electron chi connectivity index (χ4n) is 2.92. The summed E-state index contributed by atoms with van der Waals surface area (Å²) in [5.41, 5.74) is 3.80. The van der Waals surface area contributed by atoms with Crippen molar-refractivity contribution in [3.63, 3.8) is 0 Å². The van der Waals surface area contributed by atoms with Crippen molar-refractivity contribution in [1.29, 1.82) is 0 Å². The van der Waals surface area contributed by atoms with Crippen molar-refractivity contribution in [1.82, 2.24) is 9.55 Å². The van der Waals surface area contributed by atoms with Gasteiger partial charge in [0.2, 0.25) is 0 Å². The van der Waals surface area contributed by atoms with Crippen LogP contribution in [0.15, 0.2) is 48.8 Å². The van der Waals surface area contributed by atoms with Crippen LogP contribution in [-0.4, -0.2) is 21.1 Å². The molecular formula is C16H13N3O3. The number of aromatic nitrogens is 2. The lowest BCUT2D eigenvalue weighted by molar-refractivity contribution is -0.384. The Morgan fingerprint density at radius 3 is 3.00 bits per heavy atom. The topological polar surface area (TPSA) is 70.2 Å². The molecular weight excluding hydrogens is 282 g/mol. The zero-order chi connectivity index (χ0) is 15.1. The number of nitrogens with zero attached hydrogens (tertiary/aromatic N) is 3. The largest absolute Gasteiger partial charge is 0.353 e. The second-order valence-corrected chi connectivity index (χ2v) is 5.25. The van der Waals surface area contributed by atoms with Gasteiger partial charge in [-0.3, -0.25) is 14.7 Å². The number of ether oxygens (including phenoxy) is 1. The number of rotatable bonds is 2. The highest BCUT2D eigenvalue weighted by Crippen LogP contribution is 2.31. The van der Waals surface area contributed by atoms with E-state index in [0.717, 1.165) is 17.5 Å². The van der Waals surface area contributed by atoms with E-state index in [1.165, 1.54) is 11.6 Å². The first-order valence-electron chi connectivity index (χ1n) is 7.04. The molecule has 0 saturated carbocycles. The van der Waals surface area contributed by atoms with Gasteiger partial charge in [-0.15, -0.1) is 0 Å². The Labute approximate surface area is 126 Å². The second-order valence-electron chi connectivity index (χ2n) is 5.25. The van der Waals surface area contributed by atoms with Crippen molar-refractivity contribution in [2.75, 3.05) is 6.61 Å². The monoisotopic (exact) mass is 295 g/mol. The van der Waals surface area contributed by atoms with Gasteiger partial charge < -0.3 is 4.74 Å². The Kier molecular flexibility index (Phi) is 2.90. The molecule has 0 amide bonds. The number of hydrogen-bond acceptors (Lipinski definition) is 4. The number of fused-ring (bicyclic) bond motifs is 2. The fourth-order valence-corrected chi connectivity index (χ4v) is 2.92. The molecule has 4 rings (SSSR count). The summed E-state index contributed by atoms with van der Waals surface area (Å²) in [6, 6.07) is 12.8. The van der Waals surface area contributed by atoms with Crippen LogP contribution >= 0.6 is 0 Å². The average Bonchev–Trinajstić information content (AvgIpc) is 2.97. The van der Waals surface area contributed by atoms with Crippen LogP contribution in [0.3, 0.4) is 0 Å². The smallest absolute Gasteiger partial charge is 0.271 e. The van der Waals surface area contributed by atoms with E-state index >= 15 is 0 Å². The van der Waals surface area contributed by atoms with Gasteiger partial charge in [0, 0.05) is 17.7 Å². The Bertz CT molecular complexity index is 872. The lowest BCUT2D eigenvalue weighted by Gasteiger charge is -2.27. The summed E-state index contributed by atoms with van der Waals surface area (Å²) in [5, 5.41) is 11.0. The second kappa shape index (κ2) is 4.92. The zero-order valence-electron chi connectivity index (χ0n) is 11.7. The molecule has 110 valence electrons. The van der Waals surface area contributed by atoms with E-state index < -0.39 is 4.92 Å². The quantitative estimate of drug-likeness (QED) is 0.538. The van der Waals surface area contributed by atoms with Gasteiger partial charge in [0.05, 0.1) is 28.9 Å². The number of nitro benzene ring substituents is 1. The highest BCUT2D eigenvalue weighted by atomic mass is 16.6. The van der Waals surface area contributed by atoms with E-state index in [2.05, 4.69) is 11.1 Å². The van der Waals surface area contributed by atoms with Crippen LogP contribution < -0.4 is 0 Å². The molecule has 2 aromatic carbocycles. The minimum atomic E-state index is -0.396. The summed E-state index contributed by atoms with van der Waals surface area (Å²) in [7, 11) is 0. The van der Waals surface area contributed by atoms with E-state index in [-0.39, 0.29) is 11.9 Å². The summed E-state index contributed by atoms with van der Waals surface area (Å²) in [6.07, 6.45) is 2.26. The number of hydrogen-bond donors (Lipinski definition) is 0. The fraction of sp³-hybridized carbons (Fsp3) is 0.188. The molecule has 1 unspecified atom stereocenters. The van der Waals surface area contributed by atoms with Crippen LogP contribution in [0.1, 0.15) is 17.4 Å². The molecule has 0 saturated heterocycles. The van der Waals surface area contributed by atoms with Gasteiger partial charge in [0.1, 0.15) is 0 Å². The van der Waals surface area contributed by atoms with E-state index in [9.17, 15) is 10.1 Å². The molecule has 2 heterocycles. The van der Waals surface area contributed by atoms with Crippen LogP contribution in [0.2, 0.25) is 0 Å². The maximum Gasteiger partial charge on any atom is 0.271 e. The van der Waals surface area contributed by atoms with E-state index in [0.29, 0.717) is 12.1 Å². The molecule has 0 fully saturated rings. The molecule has 0 aliphatic carbocycles. The van der Waals surface area contributed by atoms with Crippen LogP contribution in [0.5, 0.6) is 0 Å². The van der Waals surface area contributed by atoms with Gasteiger partial charge >= 0.3 is 0 Å². The molecule has 1 aliphatic heterocycles. The lowest BCUT2D eigenvalue weighted by atomic mass is 10.0. The normalized spacial score (nSPS) is 17.4. The first-order valence-corrected chi connectivity index (χ1v) is 7.04. The molecule has 1 atom stereocenters. The molecule has 0 N–H and O–H groups in total. The average molecular weight is 295 g/mol. The summed E-state index contributed by atoms with van der Waals surface area (Å²) < 4.78 is 7.77. The molecule has 0 spiro atoms. The molecule has 22 heavy (non-hydrogen) atoms. The first kappa shape index (κ1) is 13.0. The van der Waals surface area contributed by atoms with Gasteiger partial charge in [0.15, 0.2) is 6.23 Å². The summed E-state index contributed by atoms with van der Waals surface area (Å²) in [4.78, 5) is 14.9. The molecule has 1 aromatic heterocycles. The summed E-state index contributed by atoms with van der Waals surface area (Å²) in [5.74, 6) is 0. The summed E-state index contributed by atoms with van der Waals surface area (Å²) >= 11 is 0. The van der Waals surface area contributed by atoms with Gasteiger partial charge in [-0.05, 0) is 18.1 Å². The third-order valence-corrected chi connectivity index (χ3v) is 3.99. The van der Waals surface area contributed by atoms with E-state index in [1.54, 1.807) is 18.5 Å².